The predicted octanol–water partition coefficient (Wildman–Crippen LogP) is 2.00. The third-order valence-corrected chi connectivity index (χ3v) is 3.63. The number of anilines is 1. The number of ether oxygens (including phenoxy) is 1. The molecule has 1 N–H and O–H groups in total. The number of carbonyl (C=O) groups excluding carboxylic acids is 1. The predicted molar refractivity (Wildman–Crippen MR) is 80.9 cm³/mol. The van der Waals surface area contributed by atoms with Gasteiger partial charge in [0, 0.05) is 31.7 Å². The van der Waals surface area contributed by atoms with Gasteiger partial charge in [-0.3, -0.25) is 9.69 Å². The summed E-state index contributed by atoms with van der Waals surface area (Å²) in [7, 11) is 0. The lowest BCUT2D eigenvalue weighted by atomic mass is 10.2. The van der Waals surface area contributed by atoms with Crippen LogP contribution in [0.5, 0.6) is 0 Å². The summed E-state index contributed by atoms with van der Waals surface area (Å²) in [5, 5.41) is 11.6. The number of benzene rings is 1. The van der Waals surface area contributed by atoms with Gasteiger partial charge in [0.2, 0.25) is 5.91 Å². The molecule has 0 radical (unpaired) electrons. The fourth-order valence-electron chi connectivity index (χ4n) is 2.34. The minimum Gasteiger partial charge on any atom is -0.376 e. The van der Waals surface area contributed by atoms with Crippen molar-refractivity contribution in [3.8, 4) is 6.07 Å². The molecule has 0 bridgehead atoms. The van der Waals surface area contributed by atoms with E-state index in [0.29, 0.717) is 18.1 Å². The number of nitrogens with zero attached hydrogens (tertiary/aromatic N) is 2. The van der Waals surface area contributed by atoms with E-state index in [0.717, 1.165) is 38.3 Å². The molecule has 21 heavy (non-hydrogen) atoms. The Bertz CT molecular complexity index is 507. The number of hydrogen-bond donors (Lipinski definition) is 1. The van der Waals surface area contributed by atoms with Crippen LogP contribution in [0.4, 0.5) is 5.69 Å². The van der Waals surface area contributed by atoms with E-state index >= 15 is 0 Å². The molecule has 1 atom stereocenters. The Labute approximate surface area is 125 Å². The molecule has 1 saturated heterocycles. The molecule has 0 aliphatic carbocycles. The van der Waals surface area contributed by atoms with Crippen molar-refractivity contribution >= 4 is 11.6 Å². The number of amides is 1. The molecular weight excluding hydrogens is 266 g/mol. The Hall–Kier alpha value is -1.90. The van der Waals surface area contributed by atoms with Crippen LogP contribution in [0.3, 0.4) is 0 Å². The molecular formula is C16H21N3O2. The second-order valence-corrected chi connectivity index (χ2v) is 5.19. The van der Waals surface area contributed by atoms with Crippen molar-refractivity contribution in [3.63, 3.8) is 0 Å². The van der Waals surface area contributed by atoms with E-state index < -0.39 is 0 Å². The first-order valence-corrected chi connectivity index (χ1v) is 7.35. The molecule has 1 aliphatic rings. The van der Waals surface area contributed by atoms with Crippen LogP contribution in [0.15, 0.2) is 24.3 Å². The molecule has 0 spiro atoms. The Balaban J connectivity index is 1.75. The largest absolute Gasteiger partial charge is 0.376 e. The van der Waals surface area contributed by atoms with E-state index in [4.69, 9.17) is 10.00 Å². The van der Waals surface area contributed by atoms with Gasteiger partial charge < -0.3 is 10.1 Å². The van der Waals surface area contributed by atoms with E-state index in [-0.39, 0.29) is 5.91 Å². The minimum absolute atomic E-state index is 0.000696. The van der Waals surface area contributed by atoms with E-state index in [1.165, 1.54) is 0 Å². The van der Waals surface area contributed by atoms with Gasteiger partial charge in [-0.05, 0) is 30.7 Å². The molecule has 0 saturated carbocycles. The molecule has 1 amide bonds. The van der Waals surface area contributed by atoms with Crippen molar-refractivity contribution in [3.05, 3.63) is 29.8 Å². The molecule has 0 aromatic heterocycles. The topological polar surface area (TPSA) is 65.4 Å². The van der Waals surface area contributed by atoms with E-state index in [2.05, 4.69) is 23.2 Å². The highest BCUT2D eigenvalue weighted by molar-refractivity contribution is 5.90. The number of nitrogens with one attached hydrogen (secondary N) is 1. The zero-order valence-electron chi connectivity index (χ0n) is 12.3. The Morgan fingerprint density at radius 3 is 2.90 bits per heavy atom. The van der Waals surface area contributed by atoms with Gasteiger partial charge in [-0.25, -0.2) is 0 Å². The Morgan fingerprint density at radius 1 is 1.48 bits per heavy atom. The van der Waals surface area contributed by atoms with E-state index in [9.17, 15) is 4.79 Å². The fraction of sp³-hybridized carbons (Fsp3) is 0.500. The highest BCUT2D eigenvalue weighted by Crippen LogP contribution is 2.11. The molecule has 1 unspecified atom stereocenters. The second kappa shape index (κ2) is 7.77. The monoisotopic (exact) mass is 287 g/mol. The number of nitriles is 1. The number of rotatable bonds is 5. The standard InChI is InChI=1S/C16H21N3O2/c1-2-15-12-19(9-10-21-15)8-7-16(20)18-14-5-3-13(11-17)4-6-14/h3-6,15H,2,7-10,12H2,1H3,(H,18,20). The molecule has 1 aliphatic heterocycles. The molecule has 5 nitrogen and oxygen atoms in total. The van der Waals surface area contributed by atoms with Crippen LogP contribution >= 0.6 is 0 Å². The van der Waals surface area contributed by atoms with Crippen LogP contribution in [0.1, 0.15) is 25.3 Å². The van der Waals surface area contributed by atoms with Gasteiger partial charge in [-0.15, -0.1) is 0 Å². The van der Waals surface area contributed by atoms with Gasteiger partial charge in [0.25, 0.3) is 0 Å². The van der Waals surface area contributed by atoms with Gasteiger partial charge in [-0.1, -0.05) is 6.92 Å². The Morgan fingerprint density at radius 2 is 2.24 bits per heavy atom. The van der Waals surface area contributed by atoms with Crippen molar-refractivity contribution in [1.29, 1.82) is 5.26 Å². The van der Waals surface area contributed by atoms with Gasteiger partial charge in [0.05, 0.1) is 24.3 Å². The quantitative estimate of drug-likeness (QED) is 0.899. The average molecular weight is 287 g/mol. The zero-order valence-corrected chi connectivity index (χ0v) is 12.3. The summed E-state index contributed by atoms with van der Waals surface area (Å²) < 4.78 is 5.61. The maximum atomic E-state index is 11.9. The SMILES string of the molecule is CCC1CN(CCC(=O)Nc2ccc(C#N)cc2)CCO1. The van der Waals surface area contributed by atoms with Crippen molar-refractivity contribution in [2.24, 2.45) is 0 Å². The third-order valence-electron chi connectivity index (χ3n) is 3.63. The second-order valence-electron chi connectivity index (χ2n) is 5.19. The van der Waals surface area contributed by atoms with Gasteiger partial charge in [0.15, 0.2) is 0 Å². The molecule has 1 fully saturated rings. The lowest BCUT2D eigenvalue weighted by Crippen LogP contribution is -2.43. The average Bonchev–Trinajstić information content (AvgIpc) is 2.54. The van der Waals surface area contributed by atoms with E-state index in [1.807, 2.05) is 0 Å². The lowest BCUT2D eigenvalue weighted by molar-refractivity contribution is -0.117. The molecule has 2 rings (SSSR count). The Kier molecular flexibility index (Phi) is 5.73. The van der Waals surface area contributed by atoms with Crippen LogP contribution in [0.2, 0.25) is 0 Å². The summed E-state index contributed by atoms with van der Waals surface area (Å²) in [5.41, 5.74) is 1.32. The maximum absolute atomic E-state index is 11.9. The van der Waals surface area contributed by atoms with Gasteiger partial charge in [-0.2, -0.15) is 5.26 Å². The summed E-state index contributed by atoms with van der Waals surface area (Å²) in [6, 6.07) is 8.95. The number of hydrogen-bond acceptors (Lipinski definition) is 4. The number of morpholine rings is 1. The summed E-state index contributed by atoms with van der Waals surface area (Å²) in [4.78, 5) is 14.2. The van der Waals surface area contributed by atoms with Crippen LogP contribution in [0.25, 0.3) is 0 Å². The van der Waals surface area contributed by atoms with Crippen molar-refractivity contribution in [1.82, 2.24) is 4.90 Å². The van der Waals surface area contributed by atoms with Crippen molar-refractivity contribution < 1.29 is 9.53 Å². The van der Waals surface area contributed by atoms with Crippen molar-refractivity contribution in [2.45, 2.75) is 25.9 Å². The maximum Gasteiger partial charge on any atom is 0.225 e. The van der Waals surface area contributed by atoms with Crippen LogP contribution in [0, 0.1) is 11.3 Å². The highest BCUT2D eigenvalue weighted by atomic mass is 16.5. The first-order chi connectivity index (χ1) is 10.2. The summed E-state index contributed by atoms with van der Waals surface area (Å²) in [5.74, 6) is -0.000696. The molecule has 1 heterocycles. The molecule has 5 heteroatoms. The normalized spacial score (nSPS) is 19.0. The molecule has 112 valence electrons. The molecule has 1 aromatic rings. The highest BCUT2D eigenvalue weighted by Gasteiger charge is 2.19. The lowest BCUT2D eigenvalue weighted by Gasteiger charge is -2.32. The van der Waals surface area contributed by atoms with Crippen LogP contribution < -0.4 is 5.32 Å². The fourth-order valence-corrected chi connectivity index (χ4v) is 2.34. The van der Waals surface area contributed by atoms with E-state index in [1.54, 1.807) is 24.3 Å². The smallest absolute Gasteiger partial charge is 0.225 e. The summed E-state index contributed by atoms with van der Waals surface area (Å²) in [6.07, 6.45) is 1.77. The van der Waals surface area contributed by atoms with Crippen LogP contribution in [-0.4, -0.2) is 43.2 Å². The molecule has 1 aromatic carbocycles. The van der Waals surface area contributed by atoms with Crippen molar-refractivity contribution in [2.75, 3.05) is 31.6 Å². The summed E-state index contributed by atoms with van der Waals surface area (Å²) >= 11 is 0. The minimum atomic E-state index is -0.000696. The van der Waals surface area contributed by atoms with Gasteiger partial charge in [0.1, 0.15) is 0 Å². The van der Waals surface area contributed by atoms with Gasteiger partial charge >= 0.3 is 0 Å². The summed E-state index contributed by atoms with van der Waals surface area (Å²) in [6.45, 7) is 5.41. The first kappa shape index (κ1) is 15.5. The van der Waals surface area contributed by atoms with Crippen LogP contribution in [-0.2, 0) is 9.53 Å². The first-order valence-electron chi connectivity index (χ1n) is 7.35. The number of carbonyl (C=O) groups is 1. The zero-order chi connectivity index (χ0) is 15.1. The third kappa shape index (κ3) is 4.85.